The number of amides is 2. The third-order valence-corrected chi connectivity index (χ3v) is 4.14. The van der Waals surface area contributed by atoms with Crippen LogP contribution >= 0.6 is 0 Å². The summed E-state index contributed by atoms with van der Waals surface area (Å²) in [6, 6.07) is 13.5. The fourth-order valence-electron chi connectivity index (χ4n) is 2.49. The Balaban J connectivity index is 2.12. The SMILES string of the molecule is CCC(C)C(NC(=O)c1ccccc1)C(=O)Nc1cccc(OC(F)F)c1. The maximum Gasteiger partial charge on any atom is 0.387 e. The maximum atomic E-state index is 12.7. The summed E-state index contributed by atoms with van der Waals surface area (Å²) in [7, 11) is 0. The molecule has 2 N–H and O–H groups in total. The van der Waals surface area contributed by atoms with Crippen molar-refractivity contribution in [2.45, 2.75) is 32.9 Å². The lowest BCUT2D eigenvalue weighted by atomic mass is 9.97. The van der Waals surface area contributed by atoms with Gasteiger partial charge in [-0.2, -0.15) is 8.78 Å². The summed E-state index contributed by atoms with van der Waals surface area (Å²) in [6.07, 6.45) is 0.668. The summed E-state index contributed by atoms with van der Waals surface area (Å²) in [5.41, 5.74) is 0.756. The predicted octanol–water partition coefficient (Wildman–Crippen LogP) is 4.07. The third-order valence-electron chi connectivity index (χ3n) is 4.14. The molecule has 0 saturated heterocycles. The van der Waals surface area contributed by atoms with Gasteiger partial charge >= 0.3 is 6.61 Å². The summed E-state index contributed by atoms with van der Waals surface area (Å²) < 4.78 is 29.0. The van der Waals surface area contributed by atoms with Gasteiger partial charge in [0.2, 0.25) is 5.91 Å². The molecule has 7 heteroatoms. The molecule has 2 rings (SSSR count). The highest BCUT2D eigenvalue weighted by Crippen LogP contribution is 2.20. The molecular formula is C20H22F2N2O3. The van der Waals surface area contributed by atoms with E-state index in [4.69, 9.17) is 0 Å². The van der Waals surface area contributed by atoms with Crippen LogP contribution in [0.1, 0.15) is 30.6 Å². The number of nitrogens with one attached hydrogen (secondary N) is 2. The van der Waals surface area contributed by atoms with Crippen molar-refractivity contribution < 1.29 is 23.1 Å². The predicted molar refractivity (Wildman–Crippen MR) is 98.9 cm³/mol. The van der Waals surface area contributed by atoms with Crippen LogP contribution in [-0.2, 0) is 4.79 Å². The van der Waals surface area contributed by atoms with Crippen molar-refractivity contribution in [2.75, 3.05) is 5.32 Å². The van der Waals surface area contributed by atoms with E-state index in [1.807, 2.05) is 13.8 Å². The molecule has 0 saturated carbocycles. The fraction of sp³-hybridized carbons (Fsp3) is 0.300. The molecule has 2 unspecified atom stereocenters. The van der Waals surface area contributed by atoms with E-state index >= 15 is 0 Å². The monoisotopic (exact) mass is 376 g/mol. The Hall–Kier alpha value is -2.96. The number of hydrogen-bond acceptors (Lipinski definition) is 3. The van der Waals surface area contributed by atoms with Gasteiger partial charge in [-0.25, -0.2) is 0 Å². The second kappa shape index (κ2) is 9.66. The van der Waals surface area contributed by atoms with Crippen LogP contribution in [0, 0.1) is 5.92 Å². The second-order valence-corrected chi connectivity index (χ2v) is 6.10. The summed E-state index contributed by atoms with van der Waals surface area (Å²) in [4.78, 5) is 25.1. The molecule has 0 bridgehead atoms. The van der Waals surface area contributed by atoms with Gasteiger partial charge in [-0.05, 0) is 30.2 Å². The van der Waals surface area contributed by atoms with E-state index < -0.39 is 18.6 Å². The minimum absolute atomic E-state index is 0.0591. The highest BCUT2D eigenvalue weighted by atomic mass is 19.3. The standard InChI is InChI=1S/C20H22F2N2O3/c1-3-13(2)17(24-18(25)14-8-5-4-6-9-14)19(26)23-15-10-7-11-16(12-15)27-20(21)22/h4-13,17,20H,3H2,1-2H3,(H,23,26)(H,24,25). The summed E-state index contributed by atoms with van der Waals surface area (Å²) in [6.45, 7) is 0.816. The van der Waals surface area contributed by atoms with Gasteiger partial charge in [0.05, 0.1) is 0 Å². The number of ether oxygens (including phenoxy) is 1. The summed E-state index contributed by atoms with van der Waals surface area (Å²) in [5.74, 6) is -0.969. The normalized spacial score (nSPS) is 12.9. The minimum Gasteiger partial charge on any atom is -0.435 e. The molecule has 144 valence electrons. The molecule has 2 amide bonds. The van der Waals surface area contributed by atoms with E-state index in [0.717, 1.165) is 0 Å². The van der Waals surface area contributed by atoms with Gasteiger partial charge in [-0.1, -0.05) is 44.5 Å². The molecule has 0 aromatic heterocycles. The van der Waals surface area contributed by atoms with Crippen molar-refractivity contribution in [1.82, 2.24) is 5.32 Å². The molecule has 5 nitrogen and oxygen atoms in total. The Bertz CT molecular complexity index is 769. The Morgan fingerprint density at radius 3 is 2.41 bits per heavy atom. The molecule has 0 radical (unpaired) electrons. The first-order chi connectivity index (χ1) is 12.9. The molecule has 27 heavy (non-hydrogen) atoms. The highest BCUT2D eigenvalue weighted by Gasteiger charge is 2.26. The Morgan fingerprint density at radius 2 is 1.78 bits per heavy atom. The first-order valence-electron chi connectivity index (χ1n) is 8.62. The van der Waals surface area contributed by atoms with Gasteiger partial charge in [0.1, 0.15) is 11.8 Å². The van der Waals surface area contributed by atoms with E-state index in [1.54, 1.807) is 36.4 Å². The van der Waals surface area contributed by atoms with Gasteiger partial charge in [-0.3, -0.25) is 9.59 Å². The van der Waals surface area contributed by atoms with E-state index in [0.29, 0.717) is 17.7 Å². The smallest absolute Gasteiger partial charge is 0.387 e. The van der Waals surface area contributed by atoms with Gasteiger partial charge in [0.25, 0.3) is 5.91 Å². The Morgan fingerprint density at radius 1 is 1.07 bits per heavy atom. The van der Waals surface area contributed by atoms with Crippen LogP contribution in [0.2, 0.25) is 0 Å². The fourth-order valence-corrected chi connectivity index (χ4v) is 2.49. The van der Waals surface area contributed by atoms with Crippen LogP contribution < -0.4 is 15.4 Å². The average molecular weight is 376 g/mol. The van der Waals surface area contributed by atoms with Crippen LogP contribution in [0.4, 0.5) is 14.5 Å². The van der Waals surface area contributed by atoms with Crippen molar-refractivity contribution in [3.63, 3.8) is 0 Å². The van der Waals surface area contributed by atoms with Gasteiger partial charge in [-0.15, -0.1) is 0 Å². The number of anilines is 1. The molecule has 2 atom stereocenters. The van der Waals surface area contributed by atoms with E-state index in [-0.39, 0.29) is 17.6 Å². The van der Waals surface area contributed by atoms with Crippen molar-refractivity contribution >= 4 is 17.5 Å². The number of halogens is 2. The Labute approximate surface area is 156 Å². The van der Waals surface area contributed by atoms with E-state index in [2.05, 4.69) is 15.4 Å². The zero-order valence-corrected chi connectivity index (χ0v) is 15.1. The molecule has 0 spiro atoms. The quantitative estimate of drug-likeness (QED) is 0.730. The summed E-state index contributed by atoms with van der Waals surface area (Å²) >= 11 is 0. The first kappa shape index (κ1) is 20.4. The number of carbonyl (C=O) groups excluding carboxylic acids is 2. The maximum absolute atomic E-state index is 12.7. The number of benzene rings is 2. The van der Waals surface area contributed by atoms with E-state index in [9.17, 15) is 18.4 Å². The minimum atomic E-state index is -2.95. The van der Waals surface area contributed by atoms with Gasteiger partial charge in [0, 0.05) is 17.3 Å². The third kappa shape index (κ3) is 6.06. The Kier molecular flexibility index (Phi) is 7.28. The lowest BCUT2D eigenvalue weighted by Gasteiger charge is -2.23. The van der Waals surface area contributed by atoms with Crippen molar-refractivity contribution in [1.29, 1.82) is 0 Å². The molecule has 0 aliphatic rings. The van der Waals surface area contributed by atoms with Crippen LogP contribution in [-0.4, -0.2) is 24.5 Å². The second-order valence-electron chi connectivity index (χ2n) is 6.10. The molecule has 2 aromatic carbocycles. The molecular weight excluding hydrogens is 354 g/mol. The molecule has 0 fully saturated rings. The average Bonchev–Trinajstić information content (AvgIpc) is 2.65. The van der Waals surface area contributed by atoms with Gasteiger partial charge in [0.15, 0.2) is 0 Å². The number of carbonyl (C=O) groups is 2. The number of hydrogen-bond donors (Lipinski definition) is 2. The lowest BCUT2D eigenvalue weighted by Crippen LogP contribution is -2.47. The largest absolute Gasteiger partial charge is 0.435 e. The molecule has 0 aliphatic heterocycles. The van der Waals surface area contributed by atoms with Crippen LogP contribution in [0.25, 0.3) is 0 Å². The zero-order chi connectivity index (χ0) is 19.8. The van der Waals surface area contributed by atoms with Crippen molar-refractivity contribution in [2.24, 2.45) is 5.92 Å². The highest BCUT2D eigenvalue weighted by molar-refractivity contribution is 6.01. The van der Waals surface area contributed by atoms with E-state index in [1.165, 1.54) is 18.2 Å². The van der Waals surface area contributed by atoms with Crippen molar-refractivity contribution in [3.8, 4) is 5.75 Å². The molecule has 0 aliphatic carbocycles. The van der Waals surface area contributed by atoms with Crippen molar-refractivity contribution in [3.05, 3.63) is 60.2 Å². The molecule has 0 heterocycles. The summed E-state index contributed by atoms with van der Waals surface area (Å²) in [5, 5.41) is 5.40. The topological polar surface area (TPSA) is 67.4 Å². The molecule has 2 aromatic rings. The van der Waals surface area contributed by atoms with Crippen LogP contribution in [0.5, 0.6) is 5.75 Å². The van der Waals surface area contributed by atoms with Crippen LogP contribution in [0.3, 0.4) is 0 Å². The van der Waals surface area contributed by atoms with Gasteiger partial charge < -0.3 is 15.4 Å². The number of rotatable bonds is 8. The number of alkyl halides is 2. The first-order valence-corrected chi connectivity index (χ1v) is 8.62. The lowest BCUT2D eigenvalue weighted by molar-refractivity contribution is -0.119. The zero-order valence-electron chi connectivity index (χ0n) is 15.1. The van der Waals surface area contributed by atoms with Crippen LogP contribution in [0.15, 0.2) is 54.6 Å².